The second-order valence-corrected chi connectivity index (χ2v) is 8.34. The molecule has 0 unspecified atom stereocenters. The molecule has 146 valence electrons. The van der Waals surface area contributed by atoms with Gasteiger partial charge >= 0.3 is 0 Å². The van der Waals surface area contributed by atoms with Crippen LogP contribution in [0.1, 0.15) is 23.3 Å². The van der Waals surface area contributed by atoms with Crippen molar-refractivity contribution in [3.63, 3.8) is 0 Å². The highest BCUT2D eigenvalue weighted by atomic mass is 79.9. The van der Waals surface area contributed by atoms with E-state index < -0.39 is 0 Å². The van der Waals surface area contributed by atoms with Crippen molar-refractivity contribution in [2.24, 2.45) is 0 Å². The Kier molecular flexibility index (Phi) is 6.24. The number of amides is 1. The minimum atomic E-state index is -0.0891. The molecular formula is C21H20BrNO4S. The van der Waals surface area contributed by atoms with Gasteiger partial charge < -0.3 is 18.5 Å². The van der Waals surface area contributed by atoms with Crippen LogP contribution in [0.3, 0.4) is 0 Å². The fraction of sp³-hybridized carbons (Fsp3) is 0.286. The maximum absolute atomic E-state index is 12.3. The lowest BCUT2D eigenvalue weighted by Crippen LogP contribution is -2.29. The van der Waals surface area contributed by atoms with Gasteiger partial charge in [-0.25, -0.2) is 0 Å². The predicted octanol–water partition coefficient (Wildman–Crippen LogP) is 5.48. The van der Waals surface area contributed by atoms with E-state index in [1.807, 2.05) is 53.4 Å². The quantitative estimate of drug-likeness (QED) is 0.415. The largest absolute Gasteiger partial charge is 0.467 e. The van der Waals surface area contributed by atoms with E-state index in [1.165, 1.54) is 0 Å². The number of hydrogen-bond acceptors (Lipinski definition) is 5. The van der Waals surface area contributed by atoms with Crippen LogP contribution >= 0.6 is 27.7 Å². The van der Waals surface area contributed by atoms with Crippen molar-refractivity contribution >= 4 is 33.6 Å². The molecule has 3 aromatic rings. The third-order valence-electron chi connectivity index (χ3n) is 4.49. The number of carbonyl (C=O) groups excluding carboxylic acids is 1. The summed E-state index contributed by atoms with van der Waals surface area (Å²) in [6, 6.07) is 15.6. The van der Waals surface area contributed by atoms with Crippen molar-refractivity contribution in [2.75, 3.05) is 18.9 Å². The van der Waals surface area contributed by atoms with Gasteiger partial charge in [-0.3, -0.25) is 4.79 Å². The number of rotatable bonds is 8. The lowest BCUT2D eigenvalue weighted by atomic mass is 10.2. The minimum absolute atomic E-state index is 0.0891. The third kappa shape index (κ3) is 4.37. The molecule has 1 atom stereocenters. The average Bonchev–Trinajstić information content (AvgIpc) is 3.44. The van der Waals surface area contributed by atoms with Crippen LogP contribution in [-0.4, -0.2) is 29.7 Å². The smallest absolute Gasteiger partial charge is 0.233 e. The third-order valence-corrected chi connectivity index (χ3v) is 6.40. The summed E-state index contributed by atoms with van der Waals surface area (Å²) in [6.07, 6.45) is 2.40. The molecule has 1 aromatic carbocycles. The van der Waals surface area contributed by atoms with Crippen LogP contribution in [0.2, 0.25) is 0 Å². The van der Waals surface area contributed by atoms with Crippen molar-refractivity contribution in [3.05, 3.63) is 70.8 Å². The molecule has 3 heterocycles. The van der Waals surface area contributed by atoms with Gasteiger partial charge in [0.1, 0.15) is 29.3 Å². The van der Waals surface area contributed by atoms with Gasteiger partial charge in [-0.2, -0.15) is 0 Å². The van der Waals surface area contributed by atoms with E-state index in [9.17, 15) is 4.79 Å². The van der Waals surface area contributed by atoms with Crippen molar-refractivity contribution in [2.45, 2.75) is 18.4 Å². The molecule has 0 bridgehead atoms. The van der Waals surface area contributed by atoms with Crippen LogP contribution < -0.4 is 0 Å². The number of halogens is 1. The van der Waals surface area contributed by atoms with Crippen molar-refractivity contribution < 1.29 is 18.4 Å². The standard InChI is InChI=1S/C21H20BrNO4S/c22-17-7-2-1-6-16(17)18-8-9-19(27-18)21-23(20(24)14-28-21)10-4-11-25-13-15-5-3-12-26-15/h1-3,5-9,12,21H,4,10-11,13-14H2/t21-/m1/s1. The molecule has 0 N–H and O–H groups in total. The Bertz CT molecular complexity index is 924. The fourth-order valence-corrected chi connectivity index (χ4v) is 4.77. The number of ether oxygens (including phenoxy) is 1. The molecule has 0 spiro atoms. The Labute approximate surface area is 176 Å². The topological polar surface area (TPSA) is 55.8 Å². The molecule has 1 aliphatic rings. The molecule has 28 heavy (non-hydrogen) atoms. The van der Waals surface area contributed by atoms with Gasteiger partial charge in [0.25, 0.3) is 0 Å². The van der Waals surface area contributed by atoms with Crippen LogP contribution in [0.15, 0.2) is 68.1 Å². The zero-order chi connectivity index (χ0) is 19.3. The normalized spacial score (nSPS) is 16.8. The molecule has 1 aliphatic heterocycles. The van der Waals surface area contributed by atoms with Crippen LogP contribution in [0, 0.1) is 0 Å². The summed E-state index contributed by atoms with van der Waals surface area (Å²) in [6.45, 7) is 1.66. The molecule has 7 heteroatoms. The predicted molar refractivity (Wildman–Crippen MR) is 112 cm³/mol. The first-order valence-electron chi connectivity index (χ1n) is 9.08. The molecule has 0 aliphatic carbocycles. The number of thioether (sulfide) groups is 1. The van der Waals surface area contributed by atoms with Gasteiger partial charge in [0, 0.05) is 23.2 Å². The van der Waals surface area contributed by atoms with E-state index in [1.54, 1.807) is 18.0 Å². The van der Waals surface area contributed by atoms with Crippen molar-refractivity contribution in [1.29, 1.82) is 0 Å². The Hall–Kier alpha value is -1.96. The maximum Gasteiger partial charge on any atom is 0.233 e. The summed E-state index contributed by atoms with van der Waals surface area (Å²) in [5.41, 5.74) is 1.00. The summed E-state index contributed by atoms with van der Waals surface area (Å²) in [5.74, 6) is 3.02. The highest BCUT2D eigenvalue weighted by Crippen LogP contribution is 2.41. The lowest BCUT2D eigenvalue weighted by Gasteiger charge is -2.22. The highest BCUT2D eigenvalue weighted by molar-refractivity contribution is 9.10. The summed E-state index contributed by atoms with van der Waals surface area (Å²) >= 11 is 5.16. The van der Waals surface area contributed by atoms with E-state index in [2.05, 4.69) is 15.9 Å². The van der Waals surface area contributed by atoms with Gasteiger partial charge in [0.15, 0.2) is 0 Å². The first-order valence-corrected chi connectivity index (χ1v) is 10.9. The lowest BCUT2D eigenvalue weighted by molar-refractivity contribution is -0.128. The van der Waals surface area contributed by atoms with Gasteiger partial charge in [0.2, 0.25) is 5.91 Å². The number of furan rings is 2. The summed E-state index contributed by atoms with van der Waals surface area (Å²) < 4.78 is 18.0. The molecule has 0 radical (unpaired) electrons. The molecule has 1 amide bonds. The maximum atomic E-state index is 12.3. The average molecular weight is 462 g/mol. The van der Waals surface area contributed by atoms with Crippen molar-refractivity contribution in [3.8, 4) is 11.3 Å². The summed E-state index contributed by atoms with van der Waals surface area (Å²) in [7, 11) is 0. The van der Waals surface area contributed by atoms with Crippen LogP contribution in [-0.2, 0) is 16.1 Å². The van der Waals surface area contributed by atoms with E-state index in [0.717, 1.165) is 33.7 Å². The number of hydrogen-bond donors (Lipinski definition) is 0. The number of benzene rings is 1. The van der Waals surface area contributed by atoms with Crippen molar-refractivity contribution in [1.82, 2.24) is 4.90 Å². The Balaban J connectivity index is 1.36. The van der Waals surface area contributed by atoms with Gasteiger partial charge in [-0.1, -0.05) is 34.1 Å². The SMILES string of the molecule is O=C1CS[C@H](c2ccc(-c3ccccc3Br)o2)N1CCCOCc1ccco1. The van der Waals surface area contributed by atoms with E-state index in [0.29, 0.717) is 25.5 Å². The molecule has 2 aromatic heterocycles. The Morgan fingerprint density at radius 2 is 2.07 bits per heavy atom. The first-order chi connectivity index (χ1) is 13.7. The first kappa shape index (κ1) is 19.4. The highest BCUT2D eigenvalue weighted by Gasteiger charge is 2.34. The molecule has 1 fully saturated rings. The number of carbonyl (C=O) groups is 1. The molecular weight excluding hydrogens is 442 g/mol. The Morgan fingerprint density at radius 1 is 1.18 bits per heavy atom. The van der Waals surface area contributed by atoms with Gasteiger partial charge in [-0.05, 0) is 36.8 Å². The molecule has 1 saturated heterocycles. The minimum Gasteiger partial charge on any atom is -0.467 e. The van der Waals surface area contributed by atoms with E-state index >= 15 is 0 Å². The van der Waals surface area contributed by atoms with Crippen LogP contribution in [0.5, 0.6) is 0 Å². The van der Waals surface area contributed by atoms with E-state index in [-0.39, 0.29) is 11.3 Å². The Morgan fingerprint density at radius 3 is 2.89 bits per heavy atom. The molecule has 0 saturated carbocycles. The second kappa shape index (κ2) is 9.03. The zero-order valence-corrected chi connectivity index (χ0v) is 17.6. The summed E-state index contributed by atoms with van der Waals surface area (Å²) in [4.78, 5) is 14.2. The molecule has 5 nitrogen and oxygen atoms in total. The van der Waals surface area contributed by atoms with Crippen LogP contribution in [0.4, 0.5) is 0 Å². The fourth-order valence-electron chi connectivity index (χ4n) is 3.13. The number of nitrogens with zero attached hydrogens (tertiary/aromatic N) is 1. The second-order valence-electron chi connectivity index (χ2n) is 6.42. The monoisotopic (exact) mass is 461 g/mol. The summed E-state index contributed by atoms with van der Waals surface area (Å²) in [5, 5.41) is -0.0891. The molecule has 4 rings (SSSR count). The zero-order valence-electron chi connectivity index (χ0n) is 15.2. The van der Waals surface area contributed by atoms with E-state index in [4.69, 9.17) is 13.6 Å². The van der Waals surface area contributed by atoms with Crippen LogP contribution in [0.25, 0.3) is 11.3 Å². The van der Waals surface area contributed by atoms with Gasteiger partial charge in [-0.15, -0.1) is 11.8 Å². The van der Waals surface area contributed by atoms with Gasteiger partial charge in [0.05, 0.1) is 12.0 Å².